The zero-order valence-electron chi connectivity index (χ0n) is 13.7. The number of rotatable bonds is 6. The van der Waals surface area contributed by atoms with Crippen LogP contribution in [0.1, 0.15) is 27.2 Å². The molecule has 6 nitrogen and oxygen atoms in total. The Kier molecular flexibility index (Phi) is 6.81. The third kappa shape index (κ3) is 5.47. The fourth-order valence-electron chi connectivity index (χ4n) is 1.87. The summed E-state index contributed by atoms with van der Waals surface area (Å²) in [5.41, 5.74) is 6.38. The van der Waals surface area contributed by atoms with Crippen molar-refractivity contribution in [3.63, 3.8) is 0 Å². The molecule has 2 amide bonds. The van der Waals surface area contributed by atoms with Crippen molar-refractivity contribution in [2.75, 3.05) is 17.2 Å². The van der Waals surface area contributed by atoms with Gasteiger partial charge in [0.05, 0.1) is 5.69 Å². The molecule has 0 aliphatic heterocycles. The molecule has 0 radical (unpaired) electrons. The number of hydrogen-bond acceptors (Lipinski definition) is 5. The van der Waals surface area contributed by atoms with Crippen molar-refractivity contribution < 1.29 is 9.59 Å². The summed E-state index contributed by atoms with van der Waals surface area (Å²) in [7, 11) is 0. The first-order valence-electron chi connectivity index (χ1n) is 7.41. The lowest BCUT2D eigenvalue weighted by Gasteiger charge is -2.19. The van der Waals surface area contributed by atoms with Crippen LogP contribution >= 0.6 is 0 Å². The molecule has 1 rings (SSSR count). The molecular formula is C17H22N4O2. The maximum absolute atomic E-state index is 12.5. The molecule has 1 aromatic carbocycles. The van der Waals surface area contributed by atoms with Gasteiger partial charge in [-0.15, -0.1) is 0 Å². The molecule has 0 aliphatic carbocycles. The van der Waals surface area contributed by atoms with Gasteiger partial charge in [0.2, 0.25) is 5.91 Å². The summed E-state index contributed by atoms with van der Waals surface area (Å²) in [6.45, 7) is 6.09. The monoisotopic (exact) mass is 314 g/mol. The Labute approximate surface area is 136 Å². The van der Waals surface area contributed by atoms with E-state index < -0.39 is 11.8 Å². The lowest BCUT2D eigenvalue weighted by molar-refractivity contribution is -0.123. The van der Waals surface area contributed by atoms with Crippen LogP contribution < -0.4 is 16.0 Å². The van der Waals surface area contributed by atoms with E-state index in [-0.39, 0.29) is 5.57 Å². The molecule has 1 aromatic rings. The number of hydrogen-bond donors (Lipinski definition) is 2. The number of nitrogens with two attached hydrogens (primary N) is 1. The predicted octanol–water partition coefficient (Wildman–Crippen LogP) is 2.19. The topological polar surface area (TPSA) is 99.2 Å². The number of carbonyl (C=O) groups excluding carboxylic acids is 2. The van der Waals surface area contributed by atoms with Crippen LogP contribution in [0.25, 0.3) is 0 Å². The third-order valence-electron chi connectivity index (χ3n) is 3.13. The van der Waals surface area contributed by atoms with Crippen molar-refractivity contribution in [1.82, 2.24) is 5.32 Å². The van der Waals surface area contributed by atoms with Gasteiger partial charge in [0.15, 0.2) is 0 Å². The van der Waals surface area contributed by atoms with Gasteiger partial charge in [-0.1, -0.05) is 13.8 Å². The van der Waals surface area contributed by atoms with Crippen molar-refractivity contribution in [2.24, 2.45) is 5.92 Å². The second-order valence-electron chi connectivity index (χ2n) is 5.56. The standard InChI is InChI=1S/C17H22N4O2/c1-12(2)8-9-20-11-14(10-18)17(23)21(13(3)22)16-6-4-15(19)5-7-16/h4-7,11-12,20H,8-9,19H2,1-3H3/b14-11-. The summed E-state index contributed by atoms with van der Waals surface area (Å²) in [6, 6.07) is 8.15. The minimum Gasteiger partial charge on any atom is -0.399 e. The van der Waals surface area contributed by atoms with E-state index in [0.29, 0.717) is 23.8 Å². The molecule has 0 saturated heterocycles. The summed E-state index contributed by atoms with van der Waals surface area (Å²) in [5.74, 6) is -0.620. The van der Waals surface area contributed by atoms with Crippen LogP contribution in [0.4, 0.5) is 11.4 Å². The van der Waals surface area contributed by atoms with E-state index >= 15 is 0 Å². The van der Waals surface area contributed by atoms with Crippen molar-refractivity contribution in [3.8, 4) is 6.07 Å². The molecule has 0 bridgehead atoms. The van der Waals surface area contributed by atoms with Crippen molar-refractivity contribution in [2.45, 2.75) is 27.2 Å². The molecule has 0 heterocycles. The number of benzene rings is 1. The summed E-state index contributed by atoms with van der Waals surface area (Å²) in [6.07, 6.45) is 2.27. The van der Waals surface area contributed by atoms with Gasteiger partial charge in [-0.3, -0.25) is 9.59 Å². The third-order valence-corrected chi connectivity index (χ3v) is 3.13. The van der Waals surface area contributed by atoms with Gasteiger partial charge in [0, 0.05) is 25.4 Å². The van der Waals surface area contributed by atoms with E-state index in [1.54, 1.807) is 24.3 Å². The van der Waals surface area contributed by atoms with Gasteiger partial charge in [-0.05, 0) is 36.6 Å². The van der Waals surface area contributed by atoms with Crippen LogP contribution in [0.15, 0.2) is 36.0 Å². The molecule has 0 unspecified atom stereocenters. The number of anilines is 2. The highest BCUT2D eigenvalue weighted by molar-refractivity contribution is 6.21. The molecule has 0 atom stereocenters. The fourth-order valence-corrected chi connectivity index (χ4v) is 1.87. The normalized spacial score (nSPS) is 11.0. The zero-order chi connectivity index (χ0) is 17.4. The molecule has 0 spiro atoms. The van der Waals surface area contributed by atoms with Crippen LogP contribution in [0, 0.1) is 17.2 Å². The Hall–Kier alpha value is -2.81. The fraction of sp³-hybridized carbons (Fsp3) is 0.353. The first kappa shape index (κ1) is 18.2. The lowest BCUT2D eigenvalue weighted by Crippen LogP contribution is -2.36. The van der Waals surface area contributed by atoms with Crippen LogP contribution in [0.3, 0.4) is 0 Å². The van der Waals surface area contributed by atoms with Crippen LogP contribution in [0.5, 0.6) is 0 Å². The largest absolute Gasteiger partial charge is 0.399 e. The number of nitriles is 1. The summed E-state index contributed by atoms with van der Waals surface area (Å²) in [5, 5.41) is 12.1. The number of amides is 2. The molecule has 23 heavy (non-hydrogen) atoms. The maximum atomic E-state index is 12.5. The van der Waals surface area contributed by atoms with E-state index in [1.165, 1.54) is 13.1 Å². The van der Waals surface area contributed by atoms with Gasteiger partial charge >= 0.3 is 0 Å². The summed E-state index contributed by atoms with van der Waals surface area (Å²) in [4.78, 5) is 25.3. The van der Waals surface area contributed by atoms with Gasteiger partial charge < -0.3 is 11.1 Å². The summed E-state index contributed by atoms with van der Waals surface area (Å²) >= 11 is 0. The number of nitrogens with zero attached hydrogens (tertiary/aromatic N) is 2. The Bertz CT molecular complexity index is 627. The number of nitrogen functional groups attached to an aromatic ring is 1. The Morgan fingerprint density at radius 1 is 1.35 bits per heavy atom. The number of carbonyl (C=O) groups is 2. The van der Waals surface area contributed by atoms with Crippen LogP contribution in [0.2, 0.25) is 0 Å². The highest BCUT2D eigenvalue weighted by Gasteiger charge is 2.23. The maximum Gasteiger partial charge on any atom is 0.277 e. The molecule has 6 heteroatoms. The van der Waals surface area contributed by atoms with Gasteiger partial charge in [0.1, 0.15) is 11.6 Å². The van der Waals surface area contributed by atoms with Gasteiger partial charge in [-0.25, -0.2) is 4.90 Å². The molecule has 122 valence electrons. The summed E-state index contributed by atoms with van der Waals surface area (Å²) < 4.78 is 0. The molecular weight excluding hydrogens is 292 g/mol. The van der Waals surface area contributed by atoms with Gasteiger partial charge in [-0.2, -0.15) is 5.26 Å². The Balaban J connectivity index is 2.95. The second kappa shape index (κ2) is 8.59. The molecule has 0 aromatic heterocycles. The average molecular weight is 314 g/mol. The zero-order valence-corrected chi connectivity index (χ0v) is 13.7. The highest BCUT2D eigenvalue weighted by Crippen LogP contribution is 2.18. The first-order valence-corrected chi connectivity index (χ1v) is 7.41. The van der Waals surface area contributed by atoms with Crippen LogP contribution in [-0.4, -0.2) is 18.4 Å². The Morgan fingerprint density at radius 2 is 1.96 bits per heavy atom. The molecule has 0 aliphatic rings. The van der Waals surface area contributed by atoms with E-state index in [9.17, 15) is 14.9 Å². The second-order valence-corrected chi connectivity index (χ2v) is 5.56. The minimum atomic E-state index is -0.665. The first-order chi connectivity index (χ1) is 10.9. The predicted molar refractivity (Wildman–Crippen MR) is 90.2 cm³/mol. The minimum absolute atomic E-state index is 0.124. The quantitative estimate of drug-likeness (QED) is 0.363. The van der Waals surface area contributed by atoms with E-state index in [1.807, 2.05) is 6.07 Å². The smallest absolute Gasteiger partial charge is 0.277 e. The van der Waals surface area contributed by atoms with Gasteiger partial charge in [0.25, 0.3) is 5.91 Å². The Morgan fingerprint density at radius 3 is 2.43 bits per heavy atom. The van der Waals surface area contributed by atoms with Crippen molar-refractivity contribution in [1.29, 1.82) is 5.26 Å². The van der Waals surface area contributed by atoms with Crippen molar-refractivity contribution >= 4 is 23.2 Å². The van der Waals surface area contributed by atoms with E-state index in [0.717, 1.165) is 11.3 Å². The number of imide groups is 1. The van der Waals surface area contributed by atoms with E-state index in [2.05, 4.69) is 19.2 Å². The van der Waals surface area contributed by atoms with Crippen molar-refractivity contribution in [3.05, 3.63) is 36.0 Å². The molecule has 0 saturated carbocycles. The lowest BCUT2D eigenvalue weighted by atomic mass is 10.1. The molecule has 0 fully saturated rings. The SMILES string of the molecule is CC(=O)N(C(=O)/C(C#N)=C\NCCC(C)C)c1ccc(N)cc1. The average Bonchev–Trinajstić information content (AvgIpc) is 2.48. The van der Waals surface area contributed by atoms with E-state index in [4.69, 9.17) is 5.73 Å². The molecule has 3 N–H and O–H groups in total. The van der Waals surface area contributed by atoms with Crippen LogP contribution in [-0.2, 0) is 9.59 Å². The number of nitrogens with one attached hydrogen (secondary N) is 1. The highest BCUT2D eigenvalue weighted by atomic mass is 16.2.